The van der Waals surface area contributed by atoms with E-state index in [0.29, 0.717) is 0 Å². The number of pyridine rings is 1. The number of rotatable bonds is 7. The predicted molar refractivity (Wildman–Crippen MR) is 85.2 cm³/mol. The highest BCUT2D eigenvalue weighted by Gasteiger charge is 2.04. The molecule has 1 aromatic heterocycles. The summed E-state index contributed by atoms with van der Waals surface area (Å²) in [6, 6.07) is 14.4. The molecule has 2 aromatic rings. The van der Waals surface area contributed by atoms with Crippen LogP contribution >= 0.6 is 0 Å². The Balaban J connectivity index is 1.97. The summed E-state index contributed by atoms with van der Waals surface area (Å²) in [6.07, 6.45) is 0. The third-order valence-electron chi connectivity index (χ3n) is 3.24. The lowest BCUT2D eigenvalue weighted by Crippen LogP contribution is -2.18. The van der Waals surface area contributed by atoms with Crippen LogP contribution in [-0.2, 0) is 19.6 Å². The maximum atomic E-state index is 5.26. The summed E-state index contributed by atoms with van der Waals surface area (Å²) in [7, 11) is 5.73. The maximum Gasteiger partial charge on any atom is 0.119 e. The van der Waals surface area contributed by atoms with Crippen molar-refractivity contribution in [1.29, 1.82) is 0 Å². The minimum atomic E-state index is 0.799. The molecule has 0 saturated carbocycles. The summed E-state index contributed by atoms with van der Waals surface area (Å²) in [5.74, 6) is 0.898. The third-order valence-corrected chi connectivity index (χ3v) is 3.24. The first-order valence-corrected chi connectivity index (χ1v) is 7.12. The summed E-state index contributed by atoms with van der Waals surface area (Å²) < 4.78 is 5.26. The summed E-state index contributed by atoms with van der Waals surface area (Å²) in [5, 5.41) is 3.13. The van der Waals surface area contributed by atoms with E-state index < -0.39 is 0 Å². The fraction of sp³-hybridized carbons (Fsp3) is 0.353. The number of benzene rings is 1. The summed E-state index contributed by atoms with van der Waals surface area (Å²) in [6.45, 7) is 2.50. The van der Waals surface area contributed by atoms with E-state index in [2.05, 4.69) is 46.5 Å². The van der Waals surface area contributed by atoms with Crippen LogP contribution in [-0.4, -0.2) is 31.1 Å². The Bertz CT molecular complexity index is 571. The predicted octanol–water partition coefficient (Wildman–Crippen LogP) is 2.44. The van der Waals surface area contributed by atoms with Crippen LogP contribution in [0.2, 0.25) is 0 Å². The van der Waals surface area contributed by atoms with Gasteiger partial charge in [0.05, 0.1) is 18.5 Å². The summed E-state index contributed by atoms with van der Waals surface area (Å²) in [4.78, 5) is 6.90. The quantitative estimate of drug-likeness (QED) is 0.848. The molecule has 0 aliphatic heterocycles. The molecule has 0 spiro atoms. The van der Waals surface area contributed by atoms with E-state index in [1.807, 2.05) is 25.2 Å². The van der Waals surface area contributed by atoms with Crippen molar-refractivity contribution in [2.45, 2.75) is 19.6 Å². The monoisotopic (exact) mass is 285 g/mol. The molecule has 0 saturated heterocycles. The highest BCUT2D eigenvalue weighted by molar-refractivity contribution is 5.28. The van der Waals surface area contributed by atoms with Crippen molar-refractivity contribution in [3.8, 4) is 5.75 Å². The second-order valence-corrected chi connectivity index (χ2v) is 5.17. The molecule has 0 atom stereocenters. The molecule has 1 N–H and O–H groups in total. The van der Waals surface area contributed by atoms with Crippen molar-refractivity contribution in [2.75, 3.05) is 21.2 Å². The molecular formula is C17H23N3O. The standard InChI is InChI=1S/C17H23N3O/c1-18-11-15-7-5-8-16(19-15)13-20(2)12-14-6-4-9-17(10-14)21-3/h4-10,18H,11-13H2,1-3H3. The van der Waals surface area contributed by atoms with Gasteiger partial charge in [-0.15, -0.1) is 0 Å². The Kier molecular flexibility index (Phi) is 5.72. The van der Waals surface area contributed by atoms with Crippen LogP contribution in [0.5, 0.6) is 5.75 Å². The largest absolute Gasteiger partial charge is 0.497 e. The van der Waals surface area contributed by atoms with Crippen LogP contribution in [0.3, 0.4) is 0 Å². The minimum Gasteiger partial charge on any atom is -0.497 e. The first kappa shape index (κ1) is 15.5. The fourth-order valence-corrected chi connectivity index (χ4v) is 2.31. The average molecular weight is 285 g/mol. The zero-order valence-electron chi connectivity index (χ0n) is 13.0. The van der Waals surface area contributed by atoms with Gasteiger partial charge < -0.3 is 10.1 Å². The van der Waals surface area contributed by atoms with Gasteiger partial charge in [0.15, 0.2) is 0 Å². The number of nitrogens with zero attached hydrogens (tertiary/aromatic N) is 2. The van der Waals surface area contributed by atoms with E-state index in [0.717, 1.165) is 36.8 Å². The smallest absolute Gasteiger partial charge is 0.119 e. The molecule has 0 radical (unpaired) electrons. The molecule has 21 heavy (non-hydrogen) atoms. The number of ether oxygens (including phenoxy) is 1. The molecule has 0 fully saturated rings. The molecule has 0 bridgehead atoms. The van der Waals surface area contributed by atoms with Crippen molar-refractivity contribution < 1.29 is 4.74 Å². The molecular weight excluding hydrogens is 262 g/mol. The molecule has 2 rings (SSSR count). The average Bonchev–Trinajstić information content (AvgIpc) is 2.48. The third kappa shape index (κ3) is 4.85. The van der Waals surface area contributed by atoms with Crippen LogP contribution in [0, 0.1) is 0 Å². The van der Waals surface area contributed by atoms with Crippen molar-refractivity contribution in [3.05, 3.63) is 59.4 Å². The van der Waals surface area contributed by atoms with E-state index >= 15 is 0 Å². The van der Waals surface area contributed by atoms with E-state index in [9.17, 15) is 0 Å². The van der Waals surface area contributed by atoms with Gasteiger partial charge in [-0.05, 0) is 43.9 Å². The van der Waals surface area contributed by atoms with Gasteiger partial charge in [-0.2, -0.15) is 0 Å². The molecule has 4 heteroatoms. The lowest BCUT2D eigenvalue weighted by Gasteiger charge is -2.17. The van der Waals surface area contributed by atoms with Crippen LogP contribution in [0.1, 0.15) is 17.0 Å². The van der Waals surface area contributed by atoms with Gasteiger partial charge >= 0.3 is 0 Å². The number of methoxy groups -OCH3 is 1. The van der Waals surface area contributed by atoms with Gasteiger partial charge in [-0.25, -0.2) is 0 Å². The Morgan fingerprint density at radius 2 is 1.86 bits per heavy atom. The molecule has 112 valence electrons. The van der Waals surface area contributed by atoms with E-state index in [1.54, 1.807) is 7.11 Å². The highest BCUT2D eigenvalue weighted by Crippen LogP contribution is 2.14. The van der Waals surface area contributed by atoms with Crippen molar-refractivity contribution in [2.24, 2.45) is 0 Å². The molecule has 1 heterocycles. The molecule has 0 aliphatic rings. The maximum absolute atomic E-state index is 5.26. The first-order chi connectivity index (χ1) is 10.2. The Morgan fingerprint density at radius 3 is 2.62 bits per heavy atom. The summed E-state index contributed by atoms with van der Waals surface area (Å²) in [5.41, 5.74) is 3.40. The minimum absolute atomic E-state index is 0.799. The summed E-state index contributed by atoms with van der Waals surface area (Å²) >= 11 is 0. The van der Waals surface area contributed by atoms with Gasteiger partial charge in [0.1, 0.15) is 5.75 Å². The van der Waals surface area contributed by atoms with Crippen LogP contribution < -0.4 is 10.1 Å². The van der Waals surface area contributed by atoms with Crippen molar-refractivity contribution in [3.63, 3.8) is 0 Å². The van der Waals surface area contributed by atoms with Gasteiger partial charge in [0, 0.05) is 19.6 Å². The lowest BCUT2D eigenvalue weighted by atomic mass is 10.2. The van der Waals surface area contributed by atoms with E-state index in [1.165, 1.54) is 5.56 Å². The SMILES string of the molecule is CNCc1cccc(CN(C)Cc2cccc(OC)c2)n1. The Hall–Kier alpha value is -1.91. The van der Waals surface area contributed by atoms with Gasteiger partial charge in [0.2, 0.25) is 0 Å². The Labute approximate surface area is 126 Å². The first-order valence-electron chi connectivity index (χ1n) is 7.12. The Morgan fingerprint density at radius 1 is 1.10 bits per heavy atom. The molecule has 0 aliphatic carbocycles. The number of nitrogens with one attached hydrogen (secondary N) is 1. The lowest BCUT2D eigenvalue weighted by molar-refractivity contribution is 0.314. The zero-order chi connectivity index (χ0) is 15.1. The fourth-order valence-electron chi connectivity index (χ4n) is 2.31. The van der Waals surface area contributed by atoms with Crippen molar-refractivity contribution >= 4 is 0 Å². The van der Waals surface area contributed by atoms with Crippen LogP contribution in [0.4, 0.5) is 0 Å². The van der Waals surface area contributed by atoms with E-state index in [4.69, 9.17) is 4.74 Å². The zero-order valence-corrected chi connectivity index (χ0v) is 13.0. The molecule has 0 amide bonds. The van der Waals surface area contributed by atoms with Crippen LogP contribution in [0.25, 0.3) is 0 Å². The van der Waals surface area contributed by atoms with Gasteiger partial charge in [0.25, 0.3) is 0 Å². The van der Waals surface area contributed by atoms with E-state index in [-0.39, 0.29) is 0 Å². The second kappa shape index (κ2) is 7.76. The van der Waals surface area contributed by atoms with Gasteiger partial charge in [-0.3, -0.25) is 9.88 Å². The second-order valence-electron chi connectivity index (χ2n) is 5.17. The van der Waals surface area contributed by atoms with Crippen LogP contribution in [0.15, 0.2) is 42.5 Å². The number of hydrogen-bond acceptors (Lipinski definition) is 4. The van der Waals surface area contributed by atoms with Crippen molar-refractivity contribution in [1.82, 2.24) is 15.2 Å². The topological polar surface area (TPSA) is 37.4 Å². The van der Waals surface area contributed by atoms with Gasteiger partial charge in [-0.1, -0.05) is 18.2 Å². The molecule has 4 nitrogen and oxygen atoms in total. The number of hydrogen-bond donors (Lipinski definition) is 1. The number of aromatic nitrogens is 1. The normalized spacial score (nSPS) is 10.9. The highest BCUT2D eigenvalue weighted by atomic mass is 16.5. The molecule has 1 aromatic carbocycles. The molecule has 0 unspecified atom stereocenters.